The second-order valence-electron chi connectivity index (χ2n) is 6.89. The van der Waals surface area contributed by atoms with E-state index in [1.807, 2.05) is 6.92 Å². The van der Waals surface area contributed by atoms with E-state index in [2.05, 4.69) is 5.32 Å². The molecule has 0 spiro atoms. The number of esters is 1. The molecular formula is C19H24N2O5. The molecule has 140 valence electrons. The van der Waals surface area contributed by atoms with Crippen LogP contribution in [0.3, 0.4) is 0 Å². The molecule has 0 radical (unpaired) electrons. The number of phenolic OH excluding ortho intramolecular Hbond substituents is 1. The van der Waals surface area contributed by atoms with Gasteiger partial charge in [-0.2, -0.15) is 0 Å². The SMILES string of the molecule is CCC[C@]1(C(=O)OCC)N[C@@H](c2ccc(O)cc2)[C@H]2C(=O)N(C)C(=O)[C@H]21. The molecule has 2 aliphatic heterocycles. The molecule has 1 aromatic rings. The Morgan fingerprint density at radius 1 is 1.23 bits per heavy atom. The van der Waals surface area contributed by atoms with Crippen molar-refractivity contribution in [2.45, 2.75) is 38.3 Å². The highest BCUT2D eigenvalue weighted by Crippen LogP contribution is 2.50. The van der Waals surface area contributed by atoms with Crippen molar-refractivity contribution < 1.29 is 24.2 Å². The molecular weight excluding hydrogens is 336 g/mol. The number of nitrogens with one attached hydrogen (secondary N) is 1. The van der Waals surface area contributed by atoms with Crippen LogP contribution in [0.2, 0.25) is 0 Å². The van der Waals surface area contributed by atoms with Crippen LogP contribution in [-0.2, 0) is 19.1 Å². The lowest BCUT2D eigenvalue weighted by Gasteiger charge is -2.32. The highest BCUT2D eigenvalue weighted by atomic mass is 16.5. The highest BCUT2D eigenvalue weighted by Gasteiger charge is 2.67. The quantitative estimate of drug-likeness (QED) is 0.608. The molecule has 0 aromatic heterocycles. The fraction of sp³-hybridized carbons (Fsp3) is 0.526. The molecule has 2 saturated heterocycles. The Labute approximate surface area is 152 Å². The molecule has 3 rings (SSSR count). The van der Waals surface area contributed by atoms with Crippen LogP contribution in [0.5, 0.6) is 5.75 Å². The maximum atomic E-state index is 12.9. The van der Waals surface area contributed by atoms with Gasteiger partial charge in [0.25, 0.3) is 0 Å². The van der Waals surface area contributed by atoms with E-state index in [1.54, 1.807) is 19.1 Å². The number of likely N-dealkylation sites (tertiary alicyclic amines) is 1. The summed E-state index contributed by atoms with van der Waals surface area (Å²) in [5.74, 6) is -2.50. The van der Waals surface area contributed by atoms with Gasteiger partial charge in [0.15, 0.2) is 0 Å². The maximum Gasteiger partial charge on any atom is 0.327 e. The third-order valence-electron chi connectivity index (χ3n) is 5.41. The van der Waals surface area contributed by atoms with Crippen LogP contribution in [0.15, 0.2) is 24.3 Å². The molecule has 0 aliphatic carbocycles. The van der Waals surface area contributed by atoms with E-state index in [0.717, 1.165) is 10.5 Å². The number of rotatable bonds is 5. The largest absolute Gasteiger partial charge is 0.508 e. The summed E-state index contributed by atoms with van der Waals surface area (Å²) in [4.78, 5) is 39.6. The first kappa shape index (κ1) is 18.4. The van der Waals surface area contributed by atoms with E-state index in [0.29, 0.717) is 12.8 Å². The zero-order valence-electron chi connectivity index (χ0n) is 15.2. The number of hydrogen-bond acceptors (Lipinski definition) is 6. The predicted octanol–water partition coefficient (Wildman–Crippen LogP) is 1.37. The lowest BCUT2D eigenvalue weighted by molar-refractivity contribution is -0.156. The number of phenols is 1. The number of ether oxygens (including phenoxy) is 1. The summed E-state index contributed by atoms with van der Waals surface area (Å²) >= 11 is 0. The standard InChI is InChI=1S/C19H24N2O5/c1-4-10-19(18(25)26-5-2)14-13(16(23)21(3)17(14)24)15(20-19)11-6-8-12(22)9-7-11/h6-9,13-15,20,22H,4-5,10H2,1-3H3/t13-,14-,15-,19-/m0/s1. The molecule has 2 N–H and O–H groups in total. The van der Waals surface area contributed by atoms with E-state index in [9.17, 15) is 19.5 Å². The molecule has 0 saturated carbocycles. The van der Waals surface area contributed by atoms with Crippen LogP contribution in [0.4, 0.5) is 0 Å². The van der Waals surface area contributed by atoms with Crippen LogP contribution < -0.4 is 5.32 Å². The summed E-state index contributed by atoms with van der Waals surface area (Å²) < 4.78 is 5.29. The third kappa shape index (κ3) is 2.58. The highest BCUT2D eigenvalue weighted by molar-refractivity contribution is 6.09. The maximum absolute atomic E-state index is 12.9. The number of carbonyl (C=O) groups is 3. The van der Waals surface area contributed by atoms with Crippen molar-refractivity contribution in [2.75, 3.05) is 13.7 Å². The number of nitrogens with zero attached hydrogens (tertiary/aromatic N) is 1. The summed E-state index contributed by atoms with van der Waals surface area (Å²) in [6.45, 7) is 3.84. The first-order valence-corrected chi connectivity index (χ1v) is 8.92. The molecule has 2 amide bonds. The molecule has 7 heteroatoms. The Morgan fingerprint density at radius 3 is 2.46 bits per heavy atom. The zero-order chi connectivity index (χ0) is 19.1. The van der Waals surface area contributed by atoms with E-state index in [4.69, 9.17) is 4.74 Å². The Morgan fingerprint density at radius 2 is 1.88 bits per heavy atom. The minimum absolute atomic E-state index is 0.111. The van der Waals surface area contributed by atoms with Gasteiger partial charge in [0.05, 0.1) is 18.4 Å². The summed E-state index contributed by atoms with van der Waals surface area (Å²) in [7, 11) is 1.46. The molecule has 4 atom stereocenters. The Hall–Kier alpha value is -2.41. The third-order valence-corrected chi connectivity index (χ3v) is 5.41. The van der Waals surface area contributed by atoms with E-state index in [-0.39, 0.29) is 24.2 Å². The summed E-state index contributed by atoms with van der Waals surface area (Å²) in [6, 6.07) is 5.96. The topological polar surface area (TPSA) is 95.9 Å². The van der Waals surface area contributed by atoms with Crippen LogP contribution in [0, 0.1) is 11.8 Å². The van der Waals surface area contributed by atoms with Crippen molar-refractivity contribution in [3.05, 3.63) is 29.8 Å². The fourth-order valence-corrected chi connectivity index (χ4v) is 4.29. The van der Waals surface area contributed by atoms with Crippen molar-refractivity contribution in [1.29, 1.82) is 0 Å². The van der Waals surface area contributed by atoms with Crippen LogP contribution in [-0.4, -0.2) is 47.0 Å². The van der Waals surface area contributed by atoms with Gasteiger partial charge in [0, 0.05) is 13.1 Å². The summed E-state index contributed by atoms with van der Waals surface area (Å²) in [5, 5.41) is 12.8. The zero-order valence-corrected chi connectivity index (χ0v) is 15.2. The number of carbonyl (C=O) groups excluding carboxylic acids is 3. The van der Waals surface area contributed by atoms with Gasteiger partial charge >= 0.3 is 5.97 Å². The lowest BCUT2D eigenvalue weighted by atomic mass is 9.77. The Kier molecular flexibility index (Phi) is 4.75. The van der Waals surface area contributed by atoms with Crippen LogP contribution in [0.1, 0.15) is 38.3 Å². The van der Waals surface area contributed by atoms with Gasteiger partial charge in [-0.3, -0.25) is 24.6 Å². The normalized spacial score (nSPS) is 30.6. The molecule has 0 bridgehead atoms. The van der Waals surface area contributed by atoms with Crippen molar-refractivity contribution in [1.82, 2.24) is 10.2 Å². The van der Waals surface area contributed by atoms with Gasteiger partial charge in [-0.25, -0.2) is 0 Å². The molecule has 2 heterocycles. The second kappa shape index (κ2) is 6.72. The van der Waals surface area contributed by atoms with Crippen LogP contribution in [0.25, 0.3) is 0 Å². The Bertz CT molecular complexity index is 732. The molecule has 2 fully saturated rings. The predicted molar refractivity (Wildman–Crippen MR) is 93.0 cm³/mol. The van der Waals surface area contributed by atoms with E-state index >= 15 is 0 Å². The first-order chi connectivity index (χ1) is 12.4. The fourth-order valence-electron chi connectivity index (χ4n) is 4.29. The summed E-state index contributed by atoms with van der Waals surface area (Å²) in [6.07, 6.45) is 1.05. The van der Waals surface area contributed by atoms with Crippen molar-refractivity contribution in [2.24, 2.45) is 11.8 Å². The lowest BCUT2D eigenvalue weighted by Crippen LogP contribution is -2.56. The van der Waals surface area contributed by atoms with Crippen molar-refractivity contribution in [3.63, 3.8) is 0 Å². The average molecular weight is 360 g/mol. The average Bonchev–Trinajstić information content (AvgIpc) is 3.07. The first-order valence-electron chi connectivity index (χ1n) is 8.92. The second-order valence-corrected chi connectivity index (χ2v) is 6.89. The summed E-state index contributed by atoms with van der Waals surface area (Å²) in [5.41, 5.74) is -0.480. The van der Waals surface area contributed by atoms with Gasteiger partial charge in [0.2, 0.25) is 11.8 Å². The van der Waals surface area contributed by atoms with Crippen LogP contribution >= 0.6 is 0 Å². The number of aromatic hydroxyl groups is 1. The number of amides is 2. The monoisotopic (exact) mass is 360 g/mol. The molecule has 7 nitrogen and oxygen atoms in total. The van der Waals surface area contributed by atoms with Gasteiger partial charge in [-0.05, 0) is 31.0 Å². The molecule has 26 heavy (non-hydrogen) atoms. The minimum atomic E-state index is -1.23. The number of benzene rings is 1. The molecule has 1 aromatic carbocycles. The van der Waals surface area contributed by atoms with Crippen molar-refractivity contribution >= 4 is 17.8 Å². The van der Waals surface area contributed by atoms with Crippen molar-refractivity contribution in [3.8, 4) is 5.75 Å². The van der Waals surface area contributed by atoms with Gasteiger partial charge < -0.3 is 9.84 Å². The smallest absolute Gasteiger partial charge is 0.327 e. The Balaban J connectivity index is 2.11. The van der Waals surface area contributed by atoms with Gasteiger partial charge in [0.1, 0.15) is 11.3 Å². The number of fused-ring (bicyclic) bond motifs is 1. The van der Waals surface area contributed by atoms with E-state index in [1.165, 1.54) is 19.2 Å². The van der Waals surface area contributed by atoms with Gasteiger partial charge in [-0.1, -0.05) is 25.5 Å². The number of hydrogen-bond donors (Lipinski definition) is 2. The molecule has 2 aliphatic rings. The van der Waals surface area contributed by atoms with Gasteiger partial charge in [-0.15, -0.1) is 0 Å². The molecule has 0 unspecified atom stereocenters. The van der Waals surface area contributed by atoms with E-state index < -0.39 is 29.4 Å². The number of imide groups is 1. The minimum Gasteiger partial charge on any atom is -0.508 e.